The van der Waals surface area contributed by atoms with Crippen molar-refractivity contribution < 1.29 is 22.1 Å². The van der Waals surface area contributed by atoms with Crippen LogP contribution in [-0.4, -0.2) is 21.4 Å². The summed E-state index contributed by atoms with van der Waals surface area (Å²) >= 11 is 0. The summed E-state index contributed by atoms with van der Waals surface area (Å²) in [5.41, 5.74) is 1.80. The largest absolute Gasteiger partial charge is 0.493 e. The van der Waals surface area contributed by atoms with E-state index in [1.54, 1.807) is 30.3 Å². The number of carbonyl (C=O) groups excluding carboxylic acids is 1. The SMILES string of the molecule is COc1cc(/C=C(\C#N)C(=O)Nc2ccccc2C)ccc1OS(=O)(=O)c1ccccc1. The van der Waals surface area contributed by atoms with Crippen molar-refractivity contribution in [3.05, 3.63) is 89.5 Å². The van der Waals surface area contributed by atoms with E-state index in [0.717, 1.165) is 5.56 Å². The Morgan fingerprint density at radius 2 is 1.69 bits per heavy atom. The number of methoxy groups -OCH3 is 1. The van der Waals surface area contributed by atoms with Crippen LogP contribution in [-0.2, 0) is 14.9 Å². The van der Waals surface area contributed by atoms with Gasteiger partial charge in [0.05, 0.1) is 7.11 Å². The minimum Gasteiger partial charge on any atom is -0.493 e. The molecular formula is C24H20N2O5S. The lowest BCUT2D eigenvalue weighted by molar-refractivity contribution is -0.112. The molecule has 0 spiro atoms. The van der Waals surface area contributed by atoms with Gasteiger partial charge in [-0.05, 0) is 54.5 Å². The first-order valence-corrected chi connectivity index (χ1v) is 10.9. The number of carbonyl (C=O) groups is 1. The van der Waals surface area contributed by atoms with E-state index in [1.807, 2.05) is 25.1 Å². The number of nitrogens with zero attached hydrogens (tertiary/aromatic N) is 1. The summed E-state index contributed by atoms with van der Waals surface area (Å²) in [4.78, 5) is 12.5. The minimum atomic E-state index is -4.05. The summed E-state index contributed by atoms with van der Waals surface area (Å²) in [5.74, 6) is -0.445. The molecule has 3 aromatic carbocycles. The van der Waals surface area contributed by atoms with Crippen molar-refractivity contribution in [2.45, 2.75) is 11.8 Å². The van der Waals surface area contributed by atoms with Gasteiger partial charge in [0.2, 0.25) is 0 Å². The maximum Gasteiger partial charge on any atom is 0.339 e. The quantitative estimate of drug-likeness (QED) is 0.328. The van der Waals surface area contributed by atoms with Crippen LogP contribution in [0.5, 0.6) is 11.5 Å². The molecule has 0 heterocycles. The Labute approximate surface area is 186 Å². The summed E-state index contributed by atoms with van der Waals surface area (Å²) in [7, 11) is -2.69. The molecule has 3 rings (SSSR count). The average Bonchev–Trinajstić information content (AvgIpc) is 2.80. The molecule has 0 saturated heterocycles. The number of ether oxygens (including phenoxy) is 1. The molecule has 8 heteroatoms. The zero-order chi connectivity index (χ0) is 23.1. The van der Waals surface area contributed by atoms with Gasteiger partial charge in [0.15, 0.2) is 11.5 Å². The first kappa shape index (κ1) is 22.6. The zero-order valence-electron chi connectivity index (χ0n) is 17.4. The van der Waals surface area contributed by atoms with E-state index in [0.29, 0.717) is 11.3 Å². The molecule has 0 aliphatic heterocycles. The van der Waals surface area contributed by atoms with E-state index in [9.17, 15) is 18.5 Å². The van der Waals surface area contributed by atoms with E-state index in [2.05, 4.69) is 5.32 Å². The first-order valence-electron chi connectivity index (χ1n) is 9.50. The van der Waals surface area contributed by atoms with Gasteiger partial charge in [0.25, 0.3) is 5.91 Å². The molecule has 0 fully saturated rings. The highest BCUT2D eigenvalue weighted by molar-refractivity contribution is 7.87. The smallest absolute Gasteiger partial charge is 0.339 e. The van der Waals surface area contributed by atoms with E-state index < -0.39 is 16.0 Å². The molecule has 0 aliphatic rings. The molecule has 0 atom stereocenters. The zero-order valence-corrected chi connectivity index (χ0v) is 18.2. The van der Waals surface area contributed by atoms with Crippen LogP contribution in [0.25, 0.3) is 6.08 Å². The molecule has 0 unspecified atom stereocenters. The number of rotatable bonds is 7. The topological polar surface area (TPSA) is 105 Å². The monoisotopic (exact) mass is 448 g/mol. The number of aryl methyl sites for hydroxylation is 1. The maximum atomic E-state index is 12.5. The molecule has 0 aliphatic carbocycles. The van der Waals surface area contributed by atoms with E-state index in [-0.39, 0.29) is 22.0 Å². The Morgan fingerprint density at radius 3 is 2.34 bits per heavy atom. The van der Waals surface area contributed by atoms with Crippen molar-refractivity contribution in [3.8, 4) is 17.6 Å². The molecule has 32 heavy (non-hydrogen) atoms. The summed E-state index contributed by atoms with van der Waals surface area (Å²) in [5, 5.41) is 12.2. The van der Waals surface area contributed by atoms with Gasteiger partial charge >= 0.3 is 10.1 Å². The van der Waals surface area contributed by atoms with Crippen LogP contribution in [0.1, 0.15) is 11.1 Å². The normalized spacial score (nSPS) is 11.3. The molecule has 0 radical (unpaired) electrons. The number of benzene rings is 3. The minimum absolute atomic E-state index is 0.00525. The predicted molar refractivity (Wildman–Crippen MR) is 121 cm³/mol. The van der Waals surface area contributed by atoms with E-state index in [4.69, 9.17) is 8.92 Å². The predicted octanol–water partition coefficient (Wildman–Crippen LogP) is 4.32. The third-order valence-electron chi connectivity index (χ3n) is 4.49. The number of hydrogen-bond donors (Lipinski definition) is 1. The highest BCUT2D eigenvalue weighted by Gasteiger charge is 2.19. The molecule has 1 N–H and O–H groups in total. The van der Waals surface area contributed by atoms with Gasteiger partial charge in [-0.1, -0.05) is 42.5 Å². The summed E-state index contributed by atoms with van der Waals surface area (Å²) < 4.78 is 35.4. The lowest BCUT2D eigenvalue weighted by atomic mass is 10.1. The summed E-state index contributed by atoms with van der Waals surface area (Å²) in [6.45, 7) is 1.85. The van der Waals surface area contributed by atoms with Gasteiger partial charge in [-0.15, -0.1) is 0 Å². The van der Waals surface area contributed by atoms with Crippen LogP contribution in [0, 0.1) is 18.3 Å². The number of hydrogen-bond acceptors (Lipinski definition) is 6. The third-order valence-corrected chi connectivity index (χ3v) is 5.74. The average molecular weight is 449 g/mol. The molecule has 0 aromatic heterocycles. The van der Waals surface area contributed by atoms with Crippen molar-refractivity contribution in [1.82, 2.24) is 0 Å². The van der Waals surface area contributed by atoms with E-state index >= 15 is 0 Å². The van der Waals surface area contributed by atoms with Crippen molar-refractivity contribution in [2.75, 3.05) is 12.4 Å². The number of para-hydroxylation sites is 1. The maximum absolute atomic E-state index is 12.5. The van der Waals surface area contributed by atoms with Crippen LogP contribution >= 0.6 is 0 Å². The molecule has 3 aromatic rings. The molecule has 0 saturated carbocycles. The van der Waals surface area contributed by atoms with Crippen LogP contribution in [0.3, 0.4) is 0 Å². The highest BCUT2D eigenvalue weighted by Crippen LogP contribution is 2.31. The van der Waals surface area contributed by atoms with Gasteiger partial charge in [0, 0.05) is 5.69 Å². The van der Waals surface area contributed by atoms with Gasteiger partial charge in [-0.2, -0.15) is 13.7 Å². The van der Waals surface area contributed by atoms with Gasteiger partial charge in [-0.3, -0.25) is 4.79 Å². The van der Waals surface area contributed by atoms with Crippen LogP contribution in [0.2, 0.25) is 0 Å². The highest BCUT2D eigenvalue weighted by atomic mass is 32.2. The van der Waals surface area contributed by atoms with Crippen molar-refractivity contribution in [2.24, 2.45) is 0 Å². The fourth-order valence-corrected chi connectivity index (χ4v) is 3.78. The molecule has 162 valence electrons. The fraction of sp³-hybridized carbons (Fsp3) is 0.0833. The standard InChI is InChI=1S/C24H20N2O5S/c1-17-8-6-7-11-21(17)26-24(27)19(16-25)14-18-12-13-22(23(15-18)30-2)31-32(28,29)20-9-4-3-5-10-20/h3-15H,1-2H3,(H,26,27)/b19-14+. The summed E-state index contributed by atoms with van der Waals surface area (Å²) in [6.07, 6.45) is 1.38. The molecule has 7 nitrogen and oxygen atoms in total. The van der Waals surface area contributed by atoms with Crippen molar-refractivity contribution in [3.63, 3.8) is 0 Å². The number of amides is 1. The third kappa shape index (κ3) is 5.33. The Morgan fingerprint density at radius 1 is 1.00 bits per heavy atom. The van der Waals surface area contributed by atoms with Crippen LogP contribution in [0.15, 0.2) is 83.3 Å². The lowest BCUT2D eigenvalue weighted by Crippen LogP contribution is -2.14. The first-order chi connectivity index (χ1) is 15.3. The Bertz CT molecular complexity index is 1310. The number of nitriles is 1. The van der Waals surface area contributed by atoms with Crippen molar-refractivity contribution in [1.29, 1.82) is 5.26 Å². The Hall–Kier alpha value is -4.09. The Kier molecular flexibility index (Phi) is 6.93. The van der Waals surface area contributed by atoms with Crippen molar-refractivity contribution >= 4 is 27.8 Å². The number of nitrogens with one attached hydrogen (secondary N) is 1. The van der Waals surface area contributed by atoms with Gasteiger partial charge < -0.3 is 14.2 Å². The fourth-order valence-electron chi connectivity index (χ4n) is 2.81. The second kappa shape index (κ2) is 9.81. The lowest BCUT2D eigenvalue weighted by Gasteiger charge is -2.11. The Balaban J connectivity index is 1.85. The summed E-state index contributed by atoms with van der Waals surface area (Å²) in [6, 6.07) is 21.2. The van der Waals surface area contributed by atoms with Gasteiger partial charge in [0.1, 0.15) is 16.5 Å². The molecular weight excluding hydrogens is 428 g/mol. The van der Waals surface area contributed by atoms with Crippen LogP contribution in [0.4, 0.5) is 5.69 Å². The molecule has 0 bridgehead atoms. The van der Waals surface area contributed by atoms with Crippen LogP contribution < -0.4 is 14.2 Å². The number of anilines is 1. The molecule has 1 amide bonds. The van der Waals surface area contributed by atoms with E-state index in [1.165, 1.54) is 43.5 Å². The second-order valence-corrected chi connectivity index (χ2v) is 8.25. The second-order valence-electron chi connectivity index (χ2n) is 6.70. The van der Waals surface area contributed by atoms with Gasteiger partial charge in [-0.25, -0.2) is 0 Å².